The average Bonchev–Trinajstić information content (AvgIpc) is 2.86. The van der Waals surface area contributed by atoms with Gasteiger partial charge in [0.25, 0.3) is 0 Å². The van der Waals surface area contributed by atoms with Crippen molar-refractivity contribution in [2.45, 2.75) is 19.9 Å². The van der Waals surface area contributed by atoms with Crippen molar-refractivity contribution in [3.05, 3.63) is 102 Å². The molecule has 0 fully saturated rings. The minimum Gasteiger partial charge on any atom is -0.376 e. The van der Waals surface area contributed by atoms with Gasteiger partial charge in [0.1, 0.15) is 5.82 Å². The second-order valence-electron chi connectivity index (χ2n) is 8.48. The number of amides is 2. The van der Waals surface area contributed by atoms with Gasteiger partial charge in [-0.05, 0) is 43.2 Å². The van der Waals surface area contributed by atoms with Gasteiger partial charge in [-0.2, -0.15) is 4.98 Å². The van der Waals surface area contributed by atoms with Crippen LogP contribution in [0.5, 0.6) is 0 Å². The number of aryl methyl sites for hydroxylation is 1. The minimum atomic E-state index is -0.311. The average molecular weight is 467 g/mol. The molecular weight excluding hydrogens is 436 g/mol. The Balaban J connectivity index is 1.72. The number of hydrogen-bond acceptors (Lipinski definition) is 5. The van der Waals surface area contributed by atoms with Gasteiger partial charge in [0.15, 0.2) is 0 Å². The second kappa shape index (κ2) is 10.7. The lowest BCUT2D eigenvalue weighted by Crippen LogP contribution is -2.33. The van der Waals surface area contributed by atoms with Crippen LogP contribution in [0.4, 0.5) is 33.6 Å². The Hall–Kier alpha value is -4.39. The molecule has 1 atom stereocenters. The molecule has 3 aromatic carbocycles. The van der Waals surface area contributed by atoms with Crippen LogP contribution in [-0.2, 0) is 0 Å². The van der Waals surface area contributed by atoms with Crippen LogP contribution in [0.2, 0.25) is 0 Å². The highest BCUT2D eigenvalue weighted by atomic mass is 16.2. The molecule has 0 bridgehead atoms. The number of benzene rings is 3. The van der Waals surface area contributed by atoms with Crippen LogP contribution in [0, 0.1) is 6.92 Å². The highest BCUT2D eigenvalue weighted by molar-refractivity contribution is 6.08. The number of carbonyl (C=O) groups is 1. The van der Waals surface area contributed by atoms with Crippen LogP contribution in [0.3, 0.4) is 0 Å². The van der Waals surface area contributed by atoms with Crippen molar-refractivity contribution < 1.29 is 4.79 Å². The zero-order valence-electron chi connectivity index (χ0n) is 20.4. The molecule has 1 heterocycles. The molecule has 178 valence electrons. The van der Waals surface area contributed by atoms with E-state index < -0.39 is 0 Å². The zero-order valence-corrected chi connectivity index (χ0v) is 20.4. The van der Waals surface area contributed by atoms with Gasteiger partial charge >= 0.3 is 6.03 Å². The molecule has 4 rings (SSSR count). The van der Waals surface area contributed by atoms with E-state index in [2.05, 4.69) is 34.7 Å². The fourth-order valence-corrected chi connectivity index (χ4v) is 3.81. The van der Waals surface area contributed by atoms with Crippen molar-refractivity contribution in [1.29, 1.82) is 0 Å². The van der Waals surface area contributed by atoms with E-state index in [0.717, 1.165) is 22.5 Å². The maximum atomic E-state index is 13.7. The van der Waals surface area contributed by atoms with Crippen LogP contribution >= 0.6 is 0 Å². The summed E-state index contributed by atoms with van der Waals surface area (Å²) >= 11 is 0. The summed E-state index contributed by atoms with van der Waals surface area (Å²) in [6, 6.07) is 27.0. The van der Waals surface area contributed by atoms with Crippen LogP contribution in [0.25, 0.3) is 0 Å². The number of carbonyl (C=O) groups excluding carboxylic acids is 1. The van der Waals surface area contributed by atoms with E-state index in [9.17, 15) is 4.79 Å². The van der Waals surface area contributed by atoms with Crippen molar-refractivity contribution in [1.82, 2.24) is 9.97 Å². The maximum absolute atomic E-state index is 13.7. The Labute approximate surface area is 206 Å². The van der Waals surface area contributed by atoms with E-state index in [1.165, 1.54) is 0 Å². The van der Waals surface area contributed by atoms with Crippen LogP contribution in [-0.4, -0.2) is 30.1 Å². The summed E-state index contributed by atoms with van der Waals surface area (Å²) in [5, 5.41) is 6.40. The molecule has 0 saturated carbocycles. The van der Waals surface area contributed by atoms with Gasteiger partial charge in [0.2, 0.25) is 5.95 Å². The first kappa shape index (κ1) is 23.8. The summed E-state index contributed by atoms with van der Waals surface area (Å²) in [4.78, 5) is 26.4. The summed E-state index contributed by atoms with van der Waals surface area (Å²) < 4.78 is 0. The third-order valence-corrected chi connectivity index (χ3v) is 5.71. The SMILES string of the molecule is Cc1ccccc1NC(=O)N(c1ccnc(NC(C)c2ccccc2)n1)c1ccccc1N(C)C. The molecule has 2 amide bonds. The number of nitrogens with one attached hydrogen (secondary N) is 2. The van der Waals surface area contributed by atoms with Gasteiger partial charge < -0.3 is 15.5 Å². The number of aromatic nitrogens is 2. The lowest BCUT2D eigenvalue weighted by atomic mass is 10.1. The molecule has 0 saturated heterocycles. The van der Waals surface area contributed by atoms with E-state index in [1.54, 1.807) is 17.2 Å². The highest BCUT2D eigenvalue weighted by Gasteiger charge is 2.24. The lowest BCUT2D eigenvalue weighted by Gasteiger charge is -2.27. The van der Waals surface area contributed by atoms with Gasteiger partial charge in [0, 0.05) is 32.0 Å². The van der Waals surface area contributed by atoms with Crippen molar-refractivity contribution in [3.63, 3.8) is 0 Å². The summed E-state index contributed by atoms with van der Waals surface area (Å²) in [5.74, 6) is 0.901. The Morgan fingerprint density at radius 2 is 1.51 bits per heavy atom. The van der Waals surface area contributed by atoms with Gasteiger partial charge in [-0.15, -0.1) is 0 Å². The van der Waals surface area contributed by atoms with E-state index in [4.69, 9.17) is 4.98 Å². The molecule has 7 nitrogen and oxygen atoms in total. The van der Waals surface area contributed by atoms with Crippen LogP contribution in [0.1, 0.15) is 24.1 Å². The first-order chi connectivity index (χ1) is 16.9. The Morgan fingerprint density at radius 1 is 0.857 bits per heavy atom. The molecule has 1 unspecified atom stereocenters. The van der Waals surface area contributed by atoms with Crippen molar-refractivity contribution in [3.8, 4) is 0 Å². The highest BCUT2D eigenvalue weighted by Crippen LogP contribution is 2.34. The van der Waals surface area contributed by atoms with Crippen LogP contribution in [0.15, 0.2) is 91.1 Å². The molecule has 35 heavy (non-hydrogen) atoms. The molecule has 2 N–H and O–H groups in total. The summed E-state index contributed by atoms with van der Waals surface area (Å²) in [6.07, 6.45) is 1.66. The fraction of sp³-hybridized carbons (Fsp3) is 0.179. The van der Waals surface area contributed by atoms with Gasteiger partial charge in [-0.1, -0.05) is 60.7 Å². The van der Waals surface area contributed by atoms with E-state index in [0.29, 0.717) is 17.5 Å². The van der Waals surface area contributed by atoms with E-state index in [1.807, 2.05) is 92.6 Å². The minimum absolute atomic E-state index is 0.00486. The fourth-order valence-electron chi connectivity index (χ4n) is 3.81. The van der Waals surface area contributed by atoms with E-state index in [-0.39, 0.29) is 12.1 Å². The predicted octanol–water partition coefficient (Wildman–Crippen LogP) is 6.39. The van der Waals surface area contributed by atoms with Gasteiger partial charge in [-0.25, -0.2) is 14.7 Å². The summed E-state index contributed by atoms with van der Waals surface area (Å²) in [5.41, 5.74) is 4.44. The number of nitrogens with zero attached hydrogens (tertiary/aromatic N) is 4. The number of anilines is 5. The second-order valence-corrected chi connectivity index (χ2v) is 8.48. The Kier molecular flexibility index (Phi) is 7.26. The molecule has 1 aromatic heterocycles. The normalized spacial score (nSPS) is 11.4. The first-order valence-electron chi connectivity index (χ1n) is 11.5. The molecule has 0 aliphatic carbocycles. The monoisotopic (exact) mass is 466 g/mol. The maximum Gasteiger partial charge on any atom is 0.332 e. The quantitative estimate of drug-likeness (QED) is 0.330. The number of para-hydroxylation sites is 3. The Bertz CT molecular complexity index is 1290. The molecule has 0 spiro atoms. The zero-order chi connectivity index (χ0) is 24.8. The Morgan fingerprint density at radius 3 is 2.23 bits per heavy atom. The third kappa shape index (κ3) is 5.58. The van der Waals surface area contributed by atoms with E-state index >= 15 is 0 Å². The number of rotatable bonds is 7. The third-order valence-electron chi connectivity index (χ3n) is 5.71. The molecule has 4 aromatic rings. The van der Waals surface area contributed by atoms with Crippen molar-refractivity contribution in [2.24, 2.45) is 0 Å². The summed E-state index contributed by atoms with van der Waals surface area (Å²) in [7, 11) is 3.90. The van der Waals surface area contributed by atoms with Crippen molar-refractivity contribution in [2.75, 3.05) is 34.5 Å². The lowest BCUT2D eigenvalue weighted by molar-refractivity contribution is 0.259. The van der Waals surface area contributed by atoms with Gasteiger partial charge in [0.05, 0.1) is 17.4 Å². The van der Waals surface area contributed by atoms with Crippen LogP contribution < -0.4 is 20.4 Å². The predicted molar refractivity (Wildman–Crippen MR) is 144 cm³/mol. The smallest absolute Gasteiger partial charge is 0.332 e. The molecule has 7 heteroatoms. The topological polar surface area (TPSA) is 73.4 Å². The van der Waals surface area contributed by atoms with Crippen molar-refractivity contribution >= 4 is 34.9 Å². The summed E-state index contributed by atoms with van der Waals surface area (Å²) in [6.45, 7) is 4.01. The number of urea groups is 1. The first-order valence-corrected chi connectivity index (χ1v) is 11.5. The molecule has 0 aliphatic heterocycles. The number of hydrogen-bond donors (Lipinski definition) is 2. The standard InChI is InChI=1S/C28H30N6O/c1-20-12-8-9-15-23(20)31-28(35)34(25-17-11-10-16-24(25)33(3)4)26-18-19-29-27(32-26)30-21(2)22-13-6-5-7-14-22/h5-19,21H,1-4H3,(H,31,35)(H,29,30,32). The molecular formula is C28H30N6O. The molecule has 0 radical (unpaired) electrons. The largest absolute Gasteiger partial charge is 0.376 e. The molecule has 0 aliphatic rings. The van der Waals surface area contributed by atoms with Gasteiger partial charge in [-0.3, -0.25) is 0 Å².